The number of rotatable bonds is 1. The Morgan fingerprint density at radius 1 is 1.54 bits per heavy atom. The molecule has 0 radical (unpaired) electrons. The number of nitrogens with one attached hydrogen (secondary N) is 1. The third kappa shape index (κ3) is 1.11. The van der Waals surface area contributed by atoms with Gasteiger partial charge in [-0.25, -0.2) is 14.8 Å². The Hall–Kier alpha value is -1.69. The van der Waals surface area contributed by atoms with Gasteiger partial charge < -0.3 is 5.11 Å². The topological polar surface area (TPSA) is 91.8 Å². The molecule has 0 saturated heterocycles. The number of hydrogen-bond acceptors (Lipinski definition) is 4. The molecule has 0 atom stereocenters. The van der Waals surface area contributed by atoms with E-state index >= 15 is 0 Å². The molecule has 2 aromatic heterocycles. The van der Waals surface area contributed by atoms with E-state index in [1.54, 1.807) is 0 Å². The summed E-state index contributed by atoms with van der Waals surface area (Å²) in [6, 6.07) is 0. The van der Waals surface area contributed by atoms with Gasteiger partial charge in [0.15, 0.2) is 10.8 Å². The number of carboxylic acid groups (broad SMARTS) is 1. The fourth-order valence-electron chi connectivity index (χ4n) is 0.957. The summed E-state index contributed by atoms with van der Waals surface area (Å²) in [7, 11) is 0. The summed E-state index contributed by atoms with van der Waals surface area (Å²) in [5.41, 5.74) is 0.397. The maximum absolute atomic E-state index is 10.6. The summed E-state index contributed by atoms with van der Waals surface area (Å²) in [5, 5.41) is 14.8. The van der Waals surface area contributed by atoms with Crippen LogP contribution in [0.15, 0.2) is 6.33 Å². The zero-order valence-corrected chi connectivity index (χ0v) is 6.91. The molecule has 13 heavy (non-hydrogen) atoms. The summed E-state index contributed by atoms with van der Waals surface area (Å²) >= 11 is 5.66. The fraction of sp³-hybridized carbons (Fsp3) is 0. The molecule has 0 amide bonds. The number of nitrogens with zero attached hydrogens (tertiary/aromatic N) is 3. The van der Waals surface area contributed by atoms with Crippen LogP contribution in [-0.2, 0) is 0 Å². The van der Waals surface area contributed by atoms with Crippen molar-refractivity contribution in [2.45, 2.75) is 0 Å². The second kappa shape index (κ2) is 2.67. The Balaban J connectivity index is 2.83. The second-order valence-corrected chi connectivity index (χ2v) is 2.62. The first-order chi connectivity index (χ1) is 6.20. The quantitative estimate of drug-likeness (QED) is 0.659. The average molecular weight is 199 g/mol. The minimum Gasteiger partial charge on any atom is -0.476 e. The van der Waals surface area contributed by atoms with Crippen molar-refractivity contribution >= 4 is 28.6 Å². The molecule has 0 aliphatic carbocycles. The standard InChI is InChI=1S/C6H3ClN4O2/c7-5-3-2(8-1-9-5)4(6(12)13)11-10-3/h1H,(H,10,11)(H,12,13). The number of fused-ring (bicyclic) bond motifs is 1. The van der Waals surface area contributed by atoms with Crippen LogP contribution in [-0.4, -0.2) is 31.2 Å². The van der Waals surface area contributed by atoms with Crippen LogP contribution < -0.4 is 0 Å². The molecule has 6 nitrogen and oxygen atoms in total. The number of aromatic amines is 1. The highest BCUT2D eigenvalue weighted by molar-refractivity contribution is 6.33. The van der Waals surface area contributed by atoms with E-state index in [0.29, 0.717) is 5.52 Å². The number of halogens is 1. The summed E-state index contributed by atoms with van der Waals surface area (Å²) in [6.07, 6.45) is 1.19. The van der Waals surface area contributed by atoms with Crippen molar-refractivity contribution in [3.63, 3.8) is 0 Å². The maximum Gasteiger partial charge on any atom is 0.358 e. The normalized spacial score (nSPS) is 10.5. The van der Waals surface area contributed by atoms with Gasteiger partial charge in [0.2, 0.25) is 0 Å². The number of aromatic nitrogens is 4. The number of carboxylic acids is 1. The third-order valence-corrected chi connectivity index (χ3v) is 1.79. The monoisotopic (exact) mass is 198 g/mol. The highest BCUT2D eigenvalue weighted by Crippen LogP contribution is 2.18. The predicted octanol–water partition coefficient (Wildman–Crippen LogP) is 0.704. The van der Waals surface area contributed by atoms with E-state index in [2.05, 4.69) is 20.2 Å². The van der Waals surface area contributed by atoms with Gasteiger partial charge in [-0.2, -0.15) is 5.10 Å². The van der Waals surface area contributed by atoms with Crippen LogP contribution in [0.1, 0.15) is 10.5 Å². The van der Waals surface area contributed by atoms with E-state index < -0.39 is 5.97 Å². The average Bonchev–Trinajstić information content (AvgIpc) is 2.48. The molecule has 0 bridgehead atoms. The maximum atomic E-state index is 10.6. The van der Waals surface area contributed by atoms with Crippen molar-refractivity contribution in [3.05, 3.63) is 17.2 Å². The molecule has 0 aromatic carbocycles. The van der Waals surface area contributed by atoms with Gasteiger partial charge in [-0.3, -0.25) is 5.10 Å². The predicted molar refractivity (Wildman–Crippen MR) is 43.7 cm³/mol. The first kappa shape index (κ1) is 7.93. The molecule has 2 rings (SSSR count). The molecular weight excluding hydrogens is 196 g/mol. The second-order valence-electron chi connectivity index (χ2n) is 2.27. The SMILES string of the molecule is O=C(O)c1n[nH]c2c(Cl)ncnc12. The number of hydrogen-bond donors (Lipinski definition) is 2. The van der Waals surface area contributed by atoms with Crippen molar-refractivity contribution in [1.82, 2.24) is 20.2 Å². The Labute approximate surface area is 76.6 Å². The fourth-order valence-corrected chi connectivity index (χ4v) is 1.13. The van der Waals surface area contributed by atoms with Gasteiger partial charge in [0.1, 0.15) is 17.4 Å². The molecule has 2 N–H and O–H groups in total. The largest absolute Gasteiger partial charge is 0.476 e. The lowest BCUT2D eigenvalue weighted by atomic mass is 10.3. The van der Waals surface area contributed by atoms with Crippen molar-refractivity contribution in [3.8, 4) is 0 Å². The molecule has 2 heterocycles. The van der Waals surface area contributed by atoms with Gasteiger partial charge in [0.05, 0.1) is 0 Å². The molecule has 0 unspecified atom stereocenters. The molecule has 0 spiro atoms. The molecule has 66 valence electrons. The van der Waals surface area contributed by atoms with Crippen LogP contribution in [0.5, 0.6) is 0 Å². The van der Waals surface area contributed by atoms with Gasteiger partial charge in [-0.15, -0.1) is 0 Å². The van der Waals surface area contributed by atoms with E-state index in [1.165, 1.54) is 6.33 Å². The van der Waals surface area contributed by atoms with Gasteiger partial charge in [-0.05, 0) is 0 Å². The molecule has 2 aromatic rings. The molecule has 0 aliphatic rings. The van der Waals surface area contributed by atoms with Crippen molar-refractivity contribution in [1.29, 1.82) is 0 Å². The van der Waals surface area contributed by atoms with Crippen LogP contribution in [0.3, 0.4) is 0 Å². The van der Waals surface area contributed by atoms with Crippen LogP contribution in [0.2, 0.25) is 5.15 Å². The Morgan fingerprint density at radius 2 is 2.31 bits per heavy atom. The lowest BCUT2D eigenvalue weighted by molar-refractivity contribution is 0.0692. The molecule has 0 aliphatic heterocycles. The van der Waals surface area contributed by atoms with Gasteiger partial charge in [0.25, 0.3) is 0 Å². The Kier molecular flexibility index (Phi) is 1.63. The third-order valence-electron chi connectivity index (χ3n) is 1.51. The van der Waals surface area contributed by atoms with Gasteiger partial charge in [-0.1, -0.05) is 11.6 Å². The Morgan fingerprint density at radius 3 is 3.00 bits per heavy atom. The number of aromatic carboxylic acids is 1. The lowest BCUT2D eigenvalue weighted by Crippen LogP contribution is -1.97. The molecular formula is C6H3ClN4O2. The van der Waals surface area contributed by atoms with Crippen LogP contribution in [0.25, 0.3) is 11.0 Å². The van der Waals surface area contributed by atoms with Crippen LogP contribution >= 0.6 is 11.6 Å². The first-order valence-electron chi connectivity index (χ1n) is 3.28. The molecule has 0 saturated carbocycles. The van der Waals surface area contributed by atoms with Crippen molar-refractivity contribution in [2.75, 3.05) is 0 Å². The summed E-state index contributed by atoms with van der Waals surface area (Å²) in [5.74, 6) is -1.15. The summed E-state index contributed by atoms with van der Waals surface area (Å²) in [6.45, 7) is 0. The molecule has 7 heteroatoms. The van der Waals surface area contributed by atoms with Crippen LogP contribution in [0.4, 0.5) is 0 Å². The smallest absolute Gasteiger partial charge is 0.358 e. The summed E-state index contributed by atoms with van der Waals surface area (Å²) < 4.78 is 0. The van der Waals surface area contributed by atoms with Gasteiger partial charge in [0, 0.05) is 0 Å². The minimum absolute atomic E-state index is 0.153. The van der Waals surface area contributed by atoms with Crippen molar-refractivity contribution < 1.29 is 9.90 Å². The molecule has 0 fully saturated rings. The van der Waals surface area contributed by atoms with Crippen LogP contribution in [0, 0.1) is 0 Å². The lowest BCUT2D eigenvalue weighted by Gasteiger charge is -1.89. The Bertz CT molecular complexity index is 480. The highest BCUT2D eigenvalue weighted by atomic mass is 35.5. The summed E-state index contributed by atoms with van der Waals surface area (Å²) in [4.78, 5) is 18.0. The van der Waals surface area contributed by atoms with Gasteiger partial charge >= 0.3 is 5.97 Å². The van der Waals surface area contributed by atoms with E-state index in [9.17, 15) is 4.79 Å². The zero-order valence-electron chi connectivity index (χ0n) is 6.15. The van der Waals surface area contributed by atoms with E-state index in [1.807, 2.05) is 0 Å². The number of carbonyl (C=O) groups is 1. The minimum atomic E-state index is -1.15. The van der Waals surface area contributed by atoms with Crippen molar-refractivity contribution in [2.24, 2.45) is 0 Å². The first-order valence-corrected chi connectivity index (χ1v) is 3.66. The highest BCUT2D eigenvalue weighted by Gasteiger charge is 2.15. The van der Waals surface area contributed by atoms with E-state index in [4.69, 9.17) is 16.7 Å². The zero-order chi connectivity index (χ0) is 9.42. The number of H-pyrrole nitrogens is 1. The van der Waals surface area contributed by atoms with E-state index in [0.717, 1.165) is 0 Å². The van der Waals surface area contributed by atoms with E-state index in [-0.39, 0.29) is 16.4 Å².